The minimum Gasteiger partial charge on any atom is -0.480 e. The number of aliphatic carboxylic acids is 1. The first-order chi connectivity index (χ1) is 14.7. The first kappa shape index (κ1) is 22.0. The number of fused-ring (bicyclic) bond motifs is 1. The molecule has 1 saturated heterocycles. The molecule has 6 atom stereocenters. The van der Waals surface area contributed by atoms with Crippen LogP contribution in [-0.4, -0.2) is 63.3 Å². The molecule has 10 heteroatoms. The van der Waals surface area contributed by atoms with Gasteiger partial charge in [-0.2, -0.15) is 13.2 Å². The van der Waals surface area contributed by atoms with Gasteiger partial charge in [0.15, 0.2) is 0 Å². The lowest BCUT2D eigenvalue weighted by Crippen LogP contribution is -2.67. The number of nitrogens with zero attached hydrogens (tertiary/aromatic N) is 1. The fourth-order valence-electron chi connectivity index (χ4n) is 8.27. The highest BCUT2D eigenvalue weighted by Gasteiger charge is 2.71. The zero-order valence-electron chi connectivity index (χ0n) is 18.1. The standard InChI is InChI=1S/C22H29F3N2O5/c1-19(2)12-8-27(14(13(12)19)17(29)30)16(28)15(26-18(31)22(23,24)25)20-4-10-3-11(5-20)7-21(32,6-10)9-20/h10-15,32H,3-9H2,1-2H3,(H,26,31)(H,29,30)/t10-,11-,12?,13?,14?,15+,20?,21?/m0/s1. The van der Waals surface area contributed by atoms with Crippen molar-refractivity contribution in [3.05, 3.63) is 0 Å². The Morgan fingerprint density at radius 1 is 1.09 bits per heavy atom. The lowest BCUT2D eigenvalue weighted by atomic mass is 9.46. The average molecular weight is 458 g/mol. The van der Waals surface area contributed by atoms with E-state index < -0.39 is 47.1 Å². The van der Waals surface area contributed by atoms with Crippen LogP contribution in [0.15, 0.2) is 0 Å². The van der Waals surface area contributed by atoms with Crippen LogP contribution >= 0.6 is 0 Å². The maximum absolute atomic E-state index is 13.7. The van der Waals surface area contributed by atoms with Gasteiger partial charge in [-0.05, 0) is 61.7 Å². The zero-order valence-corrected chi connectivity index (χ0v) is 18.1. The van der Waals surface area contributed by atoms with E-state index >= 15 is 0 Å². The summed E-state index contributed by atoms with van der Waals surface area (Å²) in [5, 5.41) is 22.8. The molecule has 0 spiro atoms. The van der Waals surface area contributed by atoms with Crippen LogP contribution in [0.1, 0.15) is 52.4 Å². The summed E-state index contributed by atoms with van der Waals surface area (Å²) in [7, 11) is 0. The van der Waals surface area contributed by atoms with Gasteiger partial charge in [-0.25, -0.2) is 4.79 Å². The molecule has 178 valence electrons. The number of carbonyl (C=O) groups excluding carboxylic acids is 2. The quantitative estimate of drug-likeness (QED) is 0.597. The number of aliphatic hydroxyl groups is 1. The molecule has 0 aromatic carbocycles. The van der Waals surface area contributed by atoms with Crippen LogP contribution in [0, 0.1) is 34.5 Å². The van der Waals surface area contributed by atoms with E-state index in [9.17, 15) is 37.8 Å². The van der Waals surface area contributed by atoms with Gasteiger partial charge in [-0.1, -0.05) is 13.8 Å². The summed E-state index contributed by atoms with van der Waals surface area (Å²) < 4.78 is 39.6. The summed E-state index contributed by atoms with van der Waals surface area (Å²) in [4.78, 5) is 38.9. The summed E-state index contributed by atoms with van der Waals surface area (Å²) in [5.74, 6) is -4.27. The highest BCUT2D eigenvalue weighted by Crippen LogP contribution is 2.66. The van der Waals surface area contributed by atoms with Crippen molar-refractivity contribution in [3.63, 3.8) is 0 Å². The number of hydrogen-bond acceptors (Lipinski definition) is 4. The number of piperidine rings is 1. The van der Waals surface area contributed by atoms with Gasteiger partial charge in [-0.15, -0.1) is 0 Å². The normalized spacial score (nSPS) is 44.2. The molecule has 5 saturated carbocycles. The molecule has 6 fully saturated rings. The minimum absolute atomic E-state index is 0.0351. The number of halogens is 3. The van der Waals surface area contributed by atoms with Gasteiger partial charge in [0.05, 0.1) is 5.60 Å². The van der Waals surface area contributed by atoms with Crippen LogP contribution in [0.2, 0.25) is 0 Å². The number of carboxylic acids is 1. The van der Waals surface area contributed by atoms with E-state index in [0.29, 0.717) is 25.7 Å². The molecule has 0 radical (unpaired) electrons. The van der Waals surface area contributed by atoms with Gasteiger partial charge in [0.2, 0.25) is 5.91 Å². The summed E-state index contributed by atoms with van der Waals surface area (Å²) in [6, 6.07) is -2.62. The predicted molar refractivity (Wildman–Crippen MR) is 104 cm³/mol. The molecule has 0 aromatic rings. The first-order valence-electron chi connectivity index (χ1n) is 11.3. The van der Waals surface area contributed by atoms with Crippen molar-refractivity contribution in [2.24, 2.45) is 34.5 Å². The predicted octanol–water partition coefficient (Wildman–Crippen LogP) is 1.93. The third-order valence-electron chi connectivity index (χ3n) is 9.21. The molecule has 0 aromatic heterocycles. The zero-order chi connectivity index (χ0) is 23.4. The second-order valence-corrected chi connectivity index (χ2v) is 11.7. The van der Waals surface area contributed by atoms with Crippen molar-refractivity contribution in [2.45, 2.75) is 76.2 Å². The summed E-state index contributed by atoms with van der Waals surface area (Å²) in [6.07, 6.45) is -2.16. The Labute approximate surface area is 183 Å². The van der Waals surface area contributed by atoms with E-state index in [0.717, 1.165) is 6.42 Å². The maximum Gasteiger partial charge on any atom is 0.471 e. The number of amides is 2. The van der Waals surface area contributed by atoms with E-state index in [-0.39, 0.29) is 42.1 Å². The van der Waals surface area contributed by atoms with Crippen molar-refractivity contribution in [3.8, 4) is 0 Å². The second kappa shape index (κ2) is 6.39. The smallest absolute Gasteiger partial charge is 0.471 e. The van der Waals surface area contributed by atoms with E-state index in [1.165, 1.54) is 4.90 Å². The highest BCUT2D eigenvalue weighted by atomic mass is 19.4. The summed E-state index contributed by atoms with van der Waals surface area (Å²) in [5.41, 5.74) is -2.30. The van der Waals surface area contributed by atoms with Crippen LogP contribution in [0.25, 0.3) is 0 Å². The lowest BCUT2D eigenvalue weighted by molar-refractivity contribution is -0.191. The molecule has 6 aliphatic rings. The third-order valence-corrected chi connectivity index (χ3v) is 9.21. The first-order valence-corrected chi connectivity index (χ1v) is 11.3. The van der Waals surface area contributed by atoms with Crippen LogP contribution in [0.3, 0.4) is 0 Å². The van der Waals surface area contributed by atoms with Gasteiger partial charge < -0.3 is 20.4 Å². The SMILES string of the molecule is CC1(C)C2CN(C(=O)[C@@H](NC(=O)C(F)(F)F)C34C[C@@H]5C[C@H](CC(O)(C5)C3)C4)C(C(=O)O)C21. The van der Waals surface area contributed by atoms with E-state index in [2.05, 4.69) is 0 Å². The number of nitrogens with one attached hydrogen (secondary N) is 1. The van der Waals surface area contributed by atoms with Gasteiger partial charge in [0.1, 0.15) is 12.1 Å². The maximum atomic E-state index is 13.7. The van der Waals surface area contributed by atoms with Crippen LogP contribution in [0.4, 0.5) is 13.2 Å². The Hall–Kier alpha value is -1.84. The van der Waals surface area contributed by atoms with Gasteiger partial charge in [0.25, 0.3) is 0 Å². The molecular formula is C22H29F3N2O5. The Balaban J connectivity index is 1.49. The number of carbonyl (C=O) groups is 3. The van der Waals surface area contributed by atoms with E-state index in [1.807, 2.05) is 19.2 Å². The Morgan fingerprint density at radius 3 is 2.19 bits per heavy atom. The monoisotopic (exact) mass is 458 g/mol. The van der Waals surface area contributed by atoms with Gasteiger partial charge in [0, 0.05) is 17.9 Å². The topological polar surface area (TPSA) is 107 Å². The minimum atomic E-state index is -5.17. The van der Waals surface area contributed by atoms with Gasteiger partial charge in [-0.3, -0.25) is 9.59 Å². The van der Waals surface area contributed by atoms with Gasteiger partial charge >= 0.3 is 18.1 Å². The van der Waals surface area contributed by atoms with Crippen molar-refractivity contribution in [1.29, 1.82) is 0 Å². The molecule has 3 N–H and O–H groups in total. The fraction of sp³-hybridized carbons (Fsp3) is 0.864. The largest absolute Gasteiger partial charge is 0.480 e. The lowest BCUT2D eigenvalue weighted by Gasteiger charge is -2.62. The number of carboxylic acid groups (broad SMARTS) is 1. The van der Waals surface area contributed by atoms with Crippen LogP contribution in [0.5, 0.6) is 0 Å². The molecule has 5 aliphatic carbocycles. The molecule has 3 unspecified atom stereocenters. The molecule has 4 bridgehead atoms. The Bertz CT molecular complexity index is 873. The number of alkyl halides is 3. The van der Waals surface area contributed by atoms with Crippen LogP contribution < -0.4 is 5.32 Å². The van der Waals surface area contributed by atoms with Crippen molar-refractivity contribution in [1.82, 2.24) is 10.2 Å². The van der Waals surface area contributed by atoms with Crippen molar-refractivity contribution in [2.75, 3.05) is 6.54 Å². The molecule has 32 heavy (non-hydrogen) atoms. The highest BCUT2D eigenvalue weighted by molar-refractivity contribution is 5.93. The molecule has 6 rings (SSSR count). The van der Waals surface area contributed by atoms with Crippen LogP contribution in [-0.2, 0) is 14.4 Å². The van der Waals surface area contributed by atoms with E-state index in [1.54, 1.807) is 0 Å². The number of hydrogen-bond donors (Lipinski definition) is 3. The third kappa shape index (κ3) is 3.08. The fourth-order valence-corrected chi connectivity index (χ4v) is 8.27. The Kier molecular flexibility index (Phi) is 4.39. The van der Waals surface area contributed by atoms with E-state index in [4.69, 9.17) is 0 Å². The molecule has 2 amide bonds. The van der Waals surface area contributed by atoms with Crippen molar-refractivity contribution >= 4 is 17.8 Å². The summed E-state index contributed by atoms with van der Waals surface area (Å²) >= 11 is 0. The molecule has 1 heterocycles. The van der Waals surface area contributed by atoms with Crippen molar-refractivity contribution < 1.29 is 37.8 Å². The Morgan fingerprint density at radius 2 is 1.69 bits per heavy atom. The molecule has 1 aliphatic heterocycles. The second-order valence-electron chi connectivity index (χ2n) is 11.7. The number of rotatable bonds is 4. The average Bonchev–Trinajstić information content (AvgIpc) is 2.98. The number of likely N-dealkylation sites (tertiary alicyclic amines) is 1. The molecular weight excluding hydrogens is 429 g/mol. The summed E-state index contributed by atoms with van der Waals surface area (Å²) in [6.45, 7) is 4.01. The molecule has 7 nitrogen and oxygen atoms in total.